The number of thioether (sulfide) groups is 1. The van der Waals surface area contributed by atoms with Crippen LogP contribution >= 0.6 is 11.8 Å². The standard InChI is InChI=1S/C15H14O3S/c1-10(14(16)17)9-19-15(18)13-7-6-11-4-2-3-5-12(11)8-13/h2-8,10H,9H2,1H3,(H,16,17). The molecule has 0 saturated heterocycles. The lowest BCUT2D eigenvalue weighted by atomic mass is 10.1. The highest BCUT2D eigenvalue weighted by Gasteiger charge is 2.14. The van der Waals surface area contributed by atoms with Crippen LogP contribution in [-0.4, -0.2) is 21.9 Å². The van der Waals surface area contributed by atoms with Crippen molar-refractivity contribution in [3.8, 4) is 0 Å². The van der Waals surface area contributed by atoms with Crippen molar-refractivity contribution < 1.29 is 14.7 Å². The number of aliphatic carboxylic acids is 1. The summed E-state index contributed by atoms with van der Waals surface area (Å²) in [4.78, 5) is 22.7. The summed E-state index contributed by atoms with van der Waals surface area (Å²) >= 11 is 1.05. The van der Waals surface area contributed by atoms with Gasteiger partial charge in [-0.3, -0.25) is 9.59 Å². The number of rotatable bonds is 4. The average Bonchev–Trinajstić information content (AvgIpc) is 2.43. The Morgan fingerprint density at radius 2 is 1.84 bits per heavy atom. The van der Waals surface area contributed by atoms with Gasteiger partial charge in [-0.25, -0.2) is 0 Å². The van der Waals surface area contributed by atoms with Crippen LogP contribution in [0.4, 0.5) is 0 Å². The zero-order valence-corrected chi connectivity index (χ0v) is 11.3. The van der Waals surface area contributed by atoms with Gasteiger partial charge in [-0.2, -0.15) is 0 Å². The van der Waals surface area contributed by atoms with E-state index in [1.165, 1.54) is 0 Å². The first kappa shape index (κ1) is 13.6. The maximum atomic E-state index is 12.0. The van der Waals surface area contributed by atoms with Crippen LogP contribution in [0.5, 0.6) is 0 Å². The molecule has 0 aliphatic heterocycles. The van der Waals surface area contributed by atoms with Crippen molar-refractivity contribution in [2.75, 3.05) is 5.75 Å². The van der Waals surface area contributed by atoms with Gasteiger partial charge in [0.05, 0.1) is 5.92 Å². The van der Waals surface area contributed by atoms with Crippen molar-refractivity contribution in [2.45, 2.75) is 6.92 Å². The van der Waals surface area contributed by atoms with Crippen LogP contribution in [0.25, 0.3) is 10.8 Å². The minimum atomic E-state index is -0.876. The molecule has 19 heavy (non-hydrogen) atoms. The van der Waals surface area contributed by atoms with Crippen molar-refractivity contribution >= 4 is 33.6 Å². The number of benzene rings is 2. The van der Waals surface area contributed by atoms with E-state index in [9.17, 15) is 9.59 Å². The Bertz CT molecular complexity index is 622. The Hall–Kier alpha value is -1.81. The van der Waals surface area contributed by atoms with Gasteiger partial charge in [-0.1, -0.05) is 49.0 Å². The van der Waals surface area contributed by atoms with Gasteiger partial charge in [-0.15, -0.1) is 0 Å². The lowest BCUT2D eigenvalue weighted by Crippen LogP contribution is -2.13. The molecule has 0 radical (unpaired) electrons. The highest BCUT2D eigenvalue weighted by Crippen LogP contribution is 2.20. The molecule has 4 heteroatoms. The third kappa shape index (κ3) is 3.35. The largest absolute Gasteiger partial charge is 0.481 e. The molecule has 98 valence electrons. The molecule has 0 amide bonds. The molecule has 0 fully saturated rings. The quantitative estimate of drug-likeness (QED) is 0.928. The molecule has 1 atom stereocenters. The second-order valence-electron chi connectivity index (χ2n) is 4.40. The summed E-state index contributed by atoms with van der Waals surface area (Å²) in [6.45, 7) is 1.60. The van der Waals surface area contributed by atoms with E-state index < -0.39 is 11.9 Å². The fourth-order valence-corrected chi connectivity index (χ4v) is 2.51. The molecule has 0 aromatic heterocycles. The van der Waals surface area contributed by atoms with Gasteiger partial charge in [0.1, 0.15) is 0 Å². The molecule has 2 rings (SSSR count). The Balaban J connectivity index is 2.11. The van der Waals surface area contributed by atoms with E-state index >= 15 is 0 Å². The van der Waals surface area contributed by atoms with Crippen LogP contribution in [0.2, 0.25) is 0 Å². The fourth-order valence-electron chi connectivity index (χ4n) is 1.67. The van der Waals surface area contributed by atoms with E-state index in [0.717, 1.165) is 22.5 Å². The average molecular weight is 274 g/mol. The lowest BCUT2D eigenvalue weighted by Gasteiger charge is -2.05. The number of hydrogen-bond donors (Lipinski definition) is 1. The van der Waals surface area contributed by atoms with Crippen LogP contribution < -0.4 is 0 Å². The third-order valence-corrected chi connectivity index (χ3v) is 4.04. The third-order valence-electron chi connectivity index (χ3n) is 2.87. The highest BCUT2D eigenvalue weighted by atomic mass is 32.2. The van der Waals surface area contributed by atoms with Crippen LogP contribution in [0.15, 0.2) is 42.5 Å². The first-order chi connectivity index (χ1) is 9.08. The maximum absolute atomic E-state index is 12.0. The van der Waals surface area contributed by atoms with Gasteiger partial charge in [0, 0.05) is 11.3 Å². The molecular weight excluding hydrogens is 260 g/mol. The minimum absolute atomic E-state index is 0.0844. The molecule has 0 spiro atoms. The van der Waals surface area contributed by atoms with Gasteiger partial charge in [-0.05, 0) is 22.9 Å². The molecule has 1 N–H and O–H groups in total. The molecule has 2 aromatic rings. The molecule has 3 nitrogen and oxygen atoms in total. The molecular formula is C15H14O3S. The van der Waals surface area contributed by atoms with Gasteiger partial charge < -0.3 is 5.11 Å². The lowest BCUT2D eigenvalue weighted by molar-refractivity contribution is -0.140. The van der Waals surface area contributed by atoms with Crippen molar-refractivity contribution in [3.05, 3.63) is 48.0 Å². The first-order valence-corrected chi connectivity index (χ1v) is 6.95. The molecule has 1 unspecified atom stereocenters. The van der Waals surface area contributed by atoms with Crippen LogP contribution in [0, 0.1) is 5.92 Å². The van der Waals surface area contributed by atoms with Crippen LogP contribution in [0.3, 0.4) is 0 Å². The molecule has 0 aliphatic rings. The minimum Gasteiger partial charge on any atom is -0.481 e. The van der Waals surface area contributed by atoms with E-state index in [4.69, 9.17) is 5.11 Å². The number of carboxylic acids is 1. The fraction of sp³-hybridized carbons (Fsp3) is 0.200. The van der Waals surface area contributed by atoms with Gasteiger partial charge in [0.15, 0.2) is 0 Å². The summed E-state index contributed by atoms with van der Waals surface area (Å²) in [5.74, 6) is -1.10. The van der Waals surface area contributed by atoms with Crippen molar-refractivity contribution in [1.29, 1.82) is 0 Å². The highest BCUT2D eigenvalue weighted by molar-refractivity contribution is 8.14. The maximum Gasteiger partial charge on any atom is 0.307 e. The molecule has 2 aromatic carbocycles. The predicted octanol–water partition coefficient (Wildman–Crippen LogP) is 3.43. The van der Waals surface area contributed by atoms with Crippen molar-refractivity contribution in [1.82, 2.24) is 0 Å². The summed E-state index contributed by atoms with van der Waals surface area (Å²) in [5, 5.41) is 10.8. The number of fused-ring (bicyclic) bond motifs is 1. The summed E-state index contributed by atoms with van der Waals surface area (Å²) in [6, 6.07) is 13.4. The molecule has 0 saturated carbocycles. The summed E-state index contributed by atoms with van der Waals surface area (Å²) in [5.41, 5.74) is 0.612. The van der Waals surface area contributed by atoms with Gasteiger partial charge in [0.25, 0.3) is 0 Å². The van der Waals surface area contributed by atoms with Crippen LogP contribution in [0.1, 0.15) is 17.3 Å². The Morgan fingerprint density at radius 1 is 1.16 bits per heavy atom. The van der Waals surface area contributed by atoms with E-state index in [2.05, 4.69) is 0 Å². The summed E-state index contributed by atoms with van der Waals surface area (Å²) in [7, 11) is 0. The Labute approximate surface area is 115 Å². The van der Waals surface area contributed by atoms with Gasteiger partial charge in [0.2, 0.25) is 5.12 Å². The van der Waals surface area contributed by atoms with Gasteiger partial charge >= 0.3 is 5.97 Å². The smallest absolute Gasteiger partial charge is 0.307 e. The topological polar surface area (TPSA) is 54.4 Å². The first-order valence-electron chi connectivity index (χ1n) is 5.96. The van der Waals surface area contributed by atoms with Crippen LogP contribution in [-0.2, 0) is 4.79 Å². The second-order valence-corrected chi connectivity index (χ2v) is 5.39. The summed E-state index contributed by atoms with van der Waals surface area (Å²) < 4.78 is 0. The Kier molecular flexibility index (Phi) is 4.22. The van der Waals surface area contributed by atoms with E-state index in [0.29, 0.717) is 11.3 Å². The normalized spacial score (nSPS) is 12.3. The number of carboxylic acid groups (broad SMARTS) is 1. The number of hydrogen-bond acceptors (Lipinski definition) is 3. The molecule has 0 bridgehead atoms. The van der Waals surface area contributed by atoms with E-state index in [1.54, 1.807) is 13.0 Å². The zero-order valence-electron chi connectivity index (χ0n) is 10.5. The molecule has 0 aliphatic carbocycles. The monoisotopic (exact) mass is 274 g/mol. The zero-order chi connectivity index (χ0) is 13.8. The van der Waals surface area contributed by atoms with E-state index in [-0.39, 0.29) is 5.12 Å². The summed E-state index contributed by atoms with van der Waals surface area (Å²) in [6.07, 6.45) is 0. The van der Waals surface area contributed by atoms with Crippen molar-refractivity contribution in [2.24, 2.45) is 5.92 Å². The Morgan fingerprint density at radius 3 is 2.53 bits per heavy atom. The number of carbonyl (C=O) groups is 2. The molecule has 0 heterocycles. The number of carbonyl (C=O) groups excluding carboxylic acids is 1. The predicted molar refractivity (Wildman–Crippen MR) is 77.5 cm³/mol. The second kappa shape index (κ2) is 5.89. The SMILES string of the molecule is CC(CSC(=O)c1ccc2ccccc2c1)C(=O)O. The van der Waals surface area contributed by atoms with E-state index in [1.807, 2.05) is 36.4 Å². The van der Waals surface area contributed by atoms with Crippen molar-refractivity contribution in [3.63, 3.8) is 0 Å².